The molecule has 2 heterocycles. The molecule has 0 saturated carbocycles. The Morgan fingerprint density at radius 1 is 1.25 bits per heavy atom. The normalized spacial score (nSPS) is 11.8. The Kier molecular flexibility index (Phi) is 8.45. The van der Waals surface area contributed by atoms with Crippen molar-refractivity contribution in [1.82, 2.24) is 19.7 Å². The zero-order chi connectivity index (χ0) is 25.7. The summed E-state index contributed by atoms with van der Waals surface area (Å²) in [6, 6.07) is 13.4. The molecule has 1 N–H and O–H groups in total. The van der Waals surface area contributed by atoms with Gasteiger partial charge < -0.3 is 10.1 Å². The van der Waals surface area contributed by atoms with Crippen LogP contribution in [0.15, 0.2) is 65.7 Å². The van der Waals surface area contributed by atoms with Gasteiger partial charge in [0.15, 0.2) is 22.2 Å². The third-order valence-corrected chi connectivity index (χ3v) is 7.48. The van der Waals surface area contributed by atoms with Crippen LogP contribution in [0.25, 0.3) is 11.3 Å². The van der Waals surface area contributed by atoms with Gasteiger partial charge in [0, 0.05) is 22.5 Å². The number of nitrogens with one attached hydrogen (secondary N) is 1. The number of anilines is 1. The Morgan fingerprint density at radius 2 is 2.03 bits per heavy atom. The van der Waals surface area contributed by atoms with E-state index in [2.05, 4.69) is 40.1 Å². The van der Waals surface area contributed by atoms with Crippen molar-refractivity contribution in [3.8, 4) is 17.0 Å². The number of nitrogens with zero attached hydrogens (tertiary/aromatic N) is 4. The van der Waals surface area contributed by atoms with Gasteiger partial charge in [-0.05, 0) is 50.1 Å². The first-order valence-electron chi connectivity index (χ1n) is 11.3. The van der Waals surface area contributed by atoms with Gasteiger partial charge in [-0.3, -0.25) is 9.36 Å². The minimum atomic E-state index is -0.331. The van der Waals surface area contributed by atoms with E-state index in [9.17, 15) is 4.79 Å². The van der Waals surface area contributed by atoms with Crippen LogP contribution in [0.2, 0.25) is 5.02 Å². The number of amides is 1. The molecule has 4 aromatic rings. The van der Waals surface area contributed by atoms with Gasteiger partial charge in [-0.25, -0.2) is 4.98 Å². The van der Waals surface area contributed by atoms with E-state index in [4.69, 9.17) is 16.3 Å². The molecular weight excluding hydrogens is 514 g/mol. The van der Waals surface area contributed by atoms with Crippen LogP contribution in [0.4, 0.5) is 5.13 Å². The molecule has 2 aromatic carbocycles. The number of thioether (sulfide) groups is 1. The van der Waals surface area contributed by atoms with Crippen LogP contribution in [0.5, 0.6) is 5.75 Å². The molecule has 0 radical (unpaired) electrons. The van der Waals surface area contributed by atoms with Gasteiger partial charge in [0.1, 0.15) is 5.75 Å². The number of carbonyl (C=O) groups excluding carboxylic acids is 1. The van der Waals surface area contributed by atoms with Crippen molar-refractivity contribution in [3.63, 3.8) is 0 Å². The number of aromatic nitrogens is 4. The molecule has 10 heteroatoms. The molecule has 7 nitrogen and oxygen atoms in total. The molecule has 36 heavy (non-hydrogen) atoms. The molecule has 1 unspecified atom stereocenters. The quantitative estimate of drug-likeness (QED) is 0.178. The van der Waals surface area contributed by atoms with Gasteiger partial charge in [0.05, 0.1) is 11.4 Å². The van der Waals surface area contributed by atoms with Crippen molar-refractivity contribution in [2.75, 3.05) is 11.1 Å². The Balaban J connectivity index is 1.40. The molecule has 1 atom stereocenters. The predicted molar refractivity (Wildman–Crippen MR) is 147 cm³/mol. The Hall–Kier alpha value is -3.14. The van der Waals surface area contributed by atoms with Crippen LogP contribution >= 0.6 is 34.7 Å². The number of benzene rings is 2. The molecule has 0 bridgehead atoms. The average molecular weight is 540 g/mol. The highest BCUT2D eigenvalue weighted by atomic mass is 35.5. The van der Waals surface area contributed by atoms with Gasteiger partial charge >= 0.3 is 0 Å². The van der Waals surface area contributed by atoms with Crippen LogP contribution in [0.3, 0.4) is 0 Å². The summed E-state index contributed by atoms with van der Waals surface area (Å²) in [7, 11) is 0. The molecule has 0 aliphatic carbocycles. The highest BCUT2D eigenvalue weighted by Crippen LogP contribution is 2.29. The standard InChI is InChI=1S/C26H26ClN5O2S2/c1-5-13-32-24(18(4)34-22-8-6-7-16(2)17(22)3)30-31-26(32)36-15-23(33)29-25-28-21(14-35-25)19-9-11-20(27)12-10-19/h5-12,14,18H,1,13,15H2,2-4H3,(H,28,29,33). The number of thiazole rings is 1. The number of hydrogen-bond acceptors (Lipinski definition) is 7. The second-order valence-electron chi connectivity index (χ2n) is 8.08. The van der Waals surface area contributed by atoms with Crippen molar-refractivity contribution >= 4 is 45.7 Å². The van der Waals surface area contributed by atoms with Gasteiger partial charge in [-0.15, -0.1) is 28.1 Å². The van der Waals surface area contributed by atoms with Gasteiger partial charge in [-0.1, -0.05) is 53.7 Å². The topological polar surface area (TPSA) is 81.9 Å². The lowest BCUT2D eigenvalue weighted by Gasteiger charge is -2.18. The Bertz CT molecular complexity index is 1370. The maximum atomic E-state index is 12.6. The molecule has 0 aliphatic heterocycles. The molecule has 0 spiro atoms. The van der Waals surface area contributed by atoms with E-state index in [1.807, 2.05) is 60.2 Å². The molecule has 2 aromatic heterocycles. The molecule has 0 fully saturated rings. The van der Waals surface area contributed by atoms with E-state index in [-0.39, 0.29) is 17.8 Å². The van der Waals surface area contributed by atoms with Crippen molar-refractivity contribution < 1.29 is 9.53 Å². The fraction of sp³-hybridized carbons (Fsp3) is 0.231. The van der Waals surface area contributed by atoms with Gasteiger partial charge in [0.25, 0.3) is 0 Å². The Morgan fingerprint density at radius 3 is 2.78 bits per heavy atom. The first-order chi connectivity index (χ1) is 17.4. The zero-order valence-electron chi connectivity index (χ0n) is 20.2. The van der Waals surface area contributed by atoms with Crippen LogP contribution in [-0.2, 0) is 11.3 Å². The summed E-state index contributed by atoms with van der Waals surface area (Å²) < 4.78 is 8.12. The van der Waals surface area contributed by atoms with E-state index < -0.39 is 0 Å². The fourth-order valence-electron chi connectivity index (χ4n) is 3.47. The number of aryl methyl sites for hydroxylation is 1. The number of hydrogen-bond donors (Lipinski definition) is 1. The van der Waals surface area contributed by atoms with Crippen molar-refractivity contribution in [2.45, 2.75) is 38.6 Å². The van der Waals surface area contributed by atoms with Crippen molar-refractivity contribution in [2.24, 2.45) is 0 Å². The summed E-state index contributed by atoms with van der Waals surface area (Å²) >= 11 is 8.63. The summed E-state index contributed by atoms with van der Waals surface area (Å²) in [5, 5.41) is 15.2. The Labute approximate surface area is 223 Å². The van der Waals surface area contributed by atoms with Crippen molar-refractivity contribution in [3.05, 3.63) is 82.5 Å². The minimum absolute atomic E-state index is 0.164. The number of carbonyl (C=O) groups is 1. The lowest BCUT2D eigenvalue weighted by molar-refractivity contribution is -0.113. The average Bonchev–Trinajstić information content (AvgIpc) is 3.48. The zero-order valence-corrected chi connectivity index (χ0v) is 22.6. The number of allylic oxidation sites excluding steroid dienone is 1. The number of rotatable bonds is 10. The van der Waals surface area contributed by atoms with Gasteiger partial charge in [0.2, 0.25) is 5.91 Å². The summed E-state index contributed by atoms with van der Waals surface area (Å²) in [4.78, 5) is 17.1. The molecule has 186 valence electrons. The van der Waals surface area contributed by atoms with Crippen LogP contribution in [0.1, 0.15) is 30.0 Å². The maximum Gasteiger partial charge on any atom is 0.236 e. The van der Waals surface area contributed by atoms with E-state index in [0.717, 1.165) is 28.1 Å². The highest BCUT2D eigenvalue weighted by Gasteiger charge is 2.21. The lowest BCUT2D eigenvalue weighted by atomic mass is 10.1. The van der Waals surface area contributed by atoms with E-state index in [0.29, 0.717) is 27.7 Å². The molecule has 1 amide bonds. The highest BCUT2D eigenvalue weighted by molar-refractivity contribution is 7.99. The van der Waals surface area contributed by atoms with Crippen LogP contribution < -0.4 is 10.1 Å². The number of ether oxygens (including phenoxy) is 1. The minimum Gasteiger partial charge on any atom is -0.482 e. The smallest absolute Gasteiger partial charge is 0.236 e. The third-order valence-electron chi connectivity index (χ3n) is 5.50. The molecule has 0 saturated heterocycles. The second-order valence-corrected chi connectivity index (χ2v) is 10.3. The monoisotopic (exact) mass is 539 g/mol. The molecular formula is C26H26ClN5O2S2. The van der Waals surface area contributed by atoms with E-state index >= 15 is 0 Å². The largest absolute Gasteiger partial charge is 0.482 e. The predicted octanol–water partition coefficient (Wildman–Crippen LogP) is 6.73. The first-order valence-corrected chi connectivity index (χ1v) is 13.5. The van der Waals surface area contributed by atoms with Crippen LogP contribution in [0, 0.1) is 13.8 Å². The third kappa shape index (κ3) is 6.16. The van der Waals surface area contributed by atoms with Crippen molar-refractivity contribution in [1.29, 1.82) is 0 Å². The summed E-state index contributed by atoms with van der Waals surface area (Å²) in [5.74, 6) is 1.47. The summed E-state index contributed by atoms with van der Waals surface area (Å²) in [6.45, 7) is 10.4. The summed E-state index contributed by atoms with van der Waals surface area (Å²) in [5.41, 5.74) is 3.97. The molecule has 4 rings (SSSR count). The van der Waals surface area contributed by atoms with E-state index in [1.54, 1.807) is 6.08 Å². The fourth-order valence-corrected chi connectivity index (χ4v) is 5.09. The summed E-state index contributed by atoms with van der Waals surface area (Å²) in [6.07, 6.45) is 1.44. The SMILES string of the molecule is C=CCn1c(SCC(=O)Nc2nc(-c3ccc(Cl)cc3)cs2)nnc1C(C)Oc1cccc(C)c1C. The molecule has 0 aliphatic rings. The van der Waals surface area contributed by atoms with Gasteiger partial charge in [-0.2, -0.15) is 0 Å². The number of halogens is 1. The first kappa shape index (κ1) is 25.9. The maximum absolute atomic E-state index is 12.6. The van der Waals surface area contributed by atoms with E-state index in [1.165, 1.54) is 23.1 Å². The lowest BCUT2D eigenvalue weighted by Crippen LogP contribution is -2.15. The van der Waals surface area contributed by atoms with Crippen LogP contribution in [-0.4, -0.2) is 31.4 Å². The second kappa shape index (κ2) is 11.7.